The average Bonchev–Trinajstić information content (AvgIpc) is 3.36. The number of carbonyl (C=O) groups excluding carboxylic acids is 3. The number of allylic oxidation sites excluding steroid dienone is 8. The first-order chi connectivity index (χ1) is 34.5. The van der Waals surface area contributed by atoms with E-state index in [4.69, 9.17) is 14.2 Å². The zero-order valence-electron chi connectivity index (χ0n) is 46.8. The molecule has 70 heavy (non-hydrogen) atoms. The fourth-order valence-corrected chi connectivity index (χ4v) is 9.02. The van der Waals surface area contributed by atoms with Gasteiger partial charge in [0.2, 0.25) is 0 Å². The van der Waals surface area contributed by atoms with E-state index in [1.807, 2.05) is 0 Å². The summed E-state index contributed by atoms with van der Waals surface area (Å²) in [5.74, 6) is -0.858. The van der Waals surface area contributed by atoms with E-state index in [0.29, 0.717) is 19.3 Å². The van der Waals surface area contributed by atoms with E-state index in [1.54, 1.807) is 0 Å². The van der Waals surface area contributed by atoms with Crippen LogP contribution in [0.1, 0.15) is 323 Å². The third-order valence-corrected chi connectivity index (χ3v) is 13.6. The molecular formula is C64H116O6. The summed E-state index contributed by atoms with van der Waals surface area (Å²) in [6, 6.07) is 0. The lowest BCUT2D eigenvalue weighted by atomic mass is 10.0. The van der Waals surface area contributed by atoms with Gasteiger partial charge in [-0.05, 0) is 57.8 Å². The number of hydrogen-bond donors (Lipinski definition) is 0. The van der Waals surface area contributed by atoms with Gasteiger partial charge in [-0.15, -0.1) is 0 Å². The molecule has 1 unspecified atom stereocenters. The van der Waals surface area contributed by atoms with E-state index < -0.39 is 6.10 Å². The number of unbranched alkanes of at least 4 members (excludes halogenated alkanes) is 37. The Morgan fingerprint density at radius 1 is 0.300 bits per heavy atom. The molecule has 0 radical (unpaired) electrons. The highest BCUT2D eigenvalue weighted by Crippen LogP contribution is 2.17. The molecule has 0 saturated carbocycles. The summed E-state index contributed by atoms with van der Waals surface area (Å²) in [6.45, 7) is 6.55. The van der Waals surface area contributed by atoms with E-state index in [1.165, 1.54) is 199 Å². The number of ether oxygens (including phenoxy) is 3. The van der Waals surface area contributed by atoms with Crippen molar-refractivity contribution in [2.75, 3.05) is 13.2 Å². The van der Waals surface area contributed by atoms with Crippen LogP contribution < -0.4 is 0 Å². The van der Waals surface area contributed by atoms with E-state index in [2.05, 4.69) is 69.4 Å². The molecule has 0 N–H and O–H groups in total. The standard InChI is InChI=1S/C64H116O6/c1-4-7-10-13-16-19-21-23-25-27-29-31-32-33-35-36-38-40-42-45-48-51-54-57-63(66)69-60-61(59-68-62(65)56-53-50-47-44-18-15-12-9-6-3)70-64(67)58-55-52-49-46-43-41-39-37-34-30-28-26-24-22-20-17-14-11-8-5-2/h7,10,16,19,23,25,29,31,61H,4-6,8-9,11-15,17-18,20-22,24,26-28,30,32-60H2,1-3H3/b10-7-,19-16-,25-23-,31-29-. The zero-order valence-corrected chi connectivity index (χ0v) is 46.8. The highest BCUT2D eigenvalue weighted by molar-refractivity contribution is 5.71. The maximum Gasteiger partial charge on any atom is 0.306 e. The minimum atomic E-state index is -0.770. The van der Waals surface area contributed by atoms with Crippen molar-refractivity contribution < 1.29 is 28.6 Å². The highest BCUT2D eigenvalue weighted by Gasteiger charge is 2.19. The van der Waals surface area contributed by atoms with Crippen LogP contribution in [0.2, 0.25) is 0 Å². The van der Waals surface area contributed by atoms with Gasteiger partial charge in [0, 0.05) is 19.3 Å². The lowest BCUT2D eigenvalue weighted by molar-refractivity contribution is -0.167. The number of carbonyl (C=O) groups is 3. The number of rotatable bonds is 56. The first-order valence-corrected chi connectivity index (χ1v) is 30.6. The second-order valence-electron chi connectivity index (χ2n) is 20.6. The summed E-state index contributed by atoms with van der Waals surface area (Å²) < 4.78 is 16.9. The van der Waals surface area contributed by atoms with E-state index in [-0.39, 0.29) is 31.1 Å². The number of esters is 3. The molecule has 0 spiro atoms. The van der Waals surface area contributed by atoms with Crippen LogP contribution in [0.4, 0.5) is 0 Å². The summed E-state index contributed by atoms with van der Waals surface area (Å²) in [6.07, 6.45) is 72.6. The lowest BCUT2D eigenvalue weighted by Gasteiger charge is -2.18. The van der Waals surface area contributed by atoms with Crippen molar-refractivity contribution in [1.29, 1.82) is 0 Å². The minimum absolute atomic E-state index is 0.0696. The smallest absolute Gasteiger partial charge is 0.306 e. The Morgan fingerprint density at radius 3 is 0.871 bits per heavy atom. The van der Waals surface area contributed by atoms with Crippen LogP contribution in [0.25, 0.3) is 0 Å². The molecule has 6 heteroatoms. The predicted octanol–water partition coefficient (Wildman–Crippen LogP) is 20.6. The fourth-order valence-electron chi connectivity index (χ4n) is 9.02. The average molecular weight is 982 g/mol. The van der Waals surface area contributed by atoms with Gasteiger partial charge >= 0.3 is 17.9 Å². The second kappa shape index (κ2) is 58.9. The van der Waals surface area contributed by atoms with Gasteiger partial charge in [0.1, 0.15) is 13.2 Å². The molecule has 6 nitrogen and oxygen atoms in total. The van der Waals surface area contributed by atoms with Crippen LogP contribution in [-0.2, 0) is 28.6 Å². The molecule has 0 bridgehead atoms. The molecule has 1 atom stereocenters. The fraction of sp³-hybridized carbons (Fsp3) is 0.828. The largest absolute Gasteiger partial charge is 0.462 e. The normalized spacial score (nSPS) is 12.3. The topological polar surface area (TPSA) is 78.9 Å². The van der Waals surface area contributed by atoms with Gasteiger partial charge in [-0.2, -0.15) is 0 Å². The van der Waals surface area contributed by atoms with Crippen molar-refractivity contribution in [1.82, 2.24) is 0 Å². The van der Waals surface area contributed by atoms with Crippen LogP contribution >= 0.6 is 0 Å². The quantitative estimate of drug-likeness (QED) is 0.0261. The Morgan fingerprint density at radius 2 is 0.557 bits per heavy atom. The maximum atomic E-state index is 12.9. The summed E-state index contributed by atoms with van der Waals surface area (Å²) in [4.78, 5) is 38.1. The third kappa shape index (κ3) is 56.3. The molecule has 0 aliphatic carbocycles. The Hall–Kier alpha value is -2.63. The predicted molar refractivity (Wildman–Crippen MR) is 302 cm³/mol. The van der Waals surface area contributed by atoms with Crippen LogP contribution in [0.15, 0.2) is 48.6 Å². The van der Waals surface area contributed by atoms with Crippen molar-refractivity contribution in [2.24, 2.45) is 0 Å². The molecule has 408 valence electrons. The van der Waals surface area contributed by atoms with Crippen molar-refractivity contribution in [3.8, 4) is 0 Å². The van der Waals surface area contributed by atoms with Crippen molar-refractivity contribution in [2.45, 2.75) is 329 Å². The molecule has 0 aromatic heterocycles. The van der Waals surface area contributed by atoms with Crippen molar-refractivity contribution in [3.63, 3.8) is 0 Å². The molecule has 0 saturated heterocycles. The Labute approximate surface area is 435 Å². The van der Waals surface area contributed by atoms with Crippen molar-refractivity contribution >= 4 is 17.9 Å². The van der Waals surface area contributed by atoms with Gasteiger partial charge < -0.3 is 14.2 Å². The van der Waals surface area contributed by atoms with Crippen LogP contribution in [0.5, 0.6) is 0 Å². The molecule has 0 fully saturated rings. The maximum absolute atomic E-state index is 12.9. The summed E-state index contributed by atoms with van der Waals surface area (Å²) in [7, 11) is 0. The van der Waals surface area contributed by atoms with E-state index in [0.717, 1.165) is 83.5 Å². The minimum Gasteiger partial charge on any atom is -0.462 e. The zero-order chi connectivity index (χ0) is 50.7. The molecule has 0 heterocycles. The molecule has 0 aromatic rings. The van der Waals surface area contributed by atoms with Crippen LogP contribution in [-0.4, -0.2) is 37.2 Å². The summed E-state index contributed by atoms with van der Waals surface area (Å²) >= 11 is 0. The van der Waals surface area contributed by atoms with Gasteiger partial charge in [0.25, 0.3) is 0 Å². The number of hydrogen-bond acceptors (Lipinski definition) is 6. The van der Waals surface area contributed by atoms with E-state index >= 15 is 0 Å². The Bertz CT molecular complexity index is 1220. The first kappa shape index (κ1) is 67.4. The van der Waals surface area contributed by atoms with Gasteiger partial charge in [-0.3, -0.25) is 14.4 Å². The Kier molecular flexibility index (Phi) is 56.7. The van der Waals surface area contributed by atoms with Crippen molar-refractivity contribution in [3.05, 3.63) is 48.6 Å². The molecule has 0 rings (SSSR count). The van der Waals surface area contributed by atoms with Crippen LogP contribution in [0, 0.1) is 0 Å². The third-order valence-electron chi connectivity index (χ3n) is 13.6. The van der Waals surface area contributed by atoms with Gasteiger partial charge in [0.05, 0.1) is 0 Å². The molecule has 0 aliphatic heterocycles. The highest BCUT2D eigenvalue weighted by atomic mass is 16.6. The monoisotopic (exact) mass is 981 g/mol. The first-order valence-electron chi connectivity index (χ1n) is 30.6. The summed E-state index contributed by atoms with van der Waals surface area (Å²) in [5.41, 5.74) is 0. The molecular weight excluding hydrogens is 865 g/mol. The van der Waals surface area contributed by atoms with Gasteiger partial charge in [0.15, 0.2) is 6.10 Å². The van der Waals surface area contributed by atoms with Gasteiger partial charge in [-0.25, -0.2) is 0 Å². The van der Waals surface area contributed by atoms with Crippen LogP contribution in [0.3, 0.4) is 0 Å². The Balaban J connectivity index is 4.20. The molecule has 0 aromatic carbocycles. The SMILES string of the molecule is CC/C=C\C/C=C\C/C=C\C/C=C\CCCCCCCCCCCCC(=O)OCC(COC(=O)CCCCCCCCCCC)OC(=O)CCCCCCCCCCCCCCCCCCCCCC. The second-order valence-corrected chi connectivity index (χ2v) is 20.6. The molecule has 0 amide bonds. The van der Waals surface area contributed by atoms with Gasteiger partial charge in [-0.1, -0.05) is 294 Å². The molecule has 0 aliphatic rings. The lowest BCUT2D eigenvalue weighted by Crippen LogP contribution is -2.30. The summed E-state index contributed by atoms with van der Waals surface area (Å²) in [5, 5.41) is 0. The van der Waals surface area contributed by atoms with E-state index in [9.17, 15) is 14.4 Å².